The first-order chi connectivity index (χ1) is 13.2. The van der Waals surface area contributed by atoms with Crippen LogP contribution in [-0.2, 0) is 29.0 Å². The Labute approximate surface area is 161 Å². The number of aryl methyl sites for hydroxylation is 1. The van der Waals surface area contributed by atoms with E-state index in [0.717, 1.165) is 76.3 Å². The van der Waals surface area contributed by atoms with E-state index in [0.29, 0.717) is 12.3 Å². The van der Waals surface area contributed by atoms with Crippen LogP contribution < -0.4 is 5.32 Å². The van der Waals surface area contributed by atoms with E-state index >= 15 is 0 Å². The number of ether oxygens (including phenoxy) is 1. The van der Waals surface area contributed by atoms with Crippen LogP contribution in [0.1, 0.15) is 50.3 Å². The van der Waals surface area contributed by atoms with E-state index in [1.54, 1.807) is 0 Å². The minimum atomic E-state index is 0.132. The Morgan fingerprint density at radius 3 is 3.15 bits per heavy atom. The fourth-order valence-corrected chi connectivity index (χ4v) is 4.17. The molecule has 1 fully saturated rings. The van der Waals surface area contributed by atoms with Gasteiger partial charge in [-0.1, -0.05) is 0 Å². The number of aromatic nitrogens is 2. The lowest BCUT2D eigenvalue weighted by atomic mass is 9.88. The Balaban J connectivity index is 1.16. The fourth-order valence-electron chi connectivity index (χ4n) is 4.17. The van der Waals surface area contributed by atoms with Gasteiger partial charge >= 0.3 is 0 Å². The molecule has 1 aromatic heterocycles. The molecular formula is C21H30N4O2. The summed E-state index contributed by atoms with van der Waals surface area (Å²) in [5, 5.41) is 7.63. The van der Waals surface area contributed by atoms with Crippen molar-refractivity contribution in [2.45, 2.75) is 58.5 Å². The van der Waals surface area contributed by atoms with Gasteiger partial charge in [-0.2, -0.15) is 5.10 Å². The van der Waals surface area contributed by atoms with Gasteiger partial charge in [-0.25, -0.2) is 0 Å². The molecule has 0 radical (unpaired) electrons. The lowest BCUT2D eigenvalue weighted by Gasteiger charge is -2.28. The zero-order valence-electron chi connectivity index (χ0n) is 16.2. The smallest absolute Gasteiger partial charge is 0.224 e. The summed E-state index contributed by atoms with van der Waals surface area (Å²) in [6.07, 6.45) is 12.2. The summed E-state index contributed by atoms with van der Waals surface area (Å²) in [5.41, 5.74) is 3.71. The molecule has 1 saturated heterocycles. The van der Waals surface area contributed by atoms with E-state index < -0.39 is 0 Å². The SMILES string of the molecule is CCn1cc2c(n1)CCN(CCCCOC1=CCC3CCC(=O)NC3=C1)C2. The molecule has 0 saturated carbocycles. The first-order valence-electron chi connectivity index (χ1n) is 10.3. The molecule has 2 aliphatic heterocycles. The van der Waals surface area contributed by atoms with E-state index in [-0.39, 0.29) is 5.91 Å². The van der Waals surface area contributed by atoms with Crippen molar-refractivity contribution >= 4 is 5.91 Å². The van der Waals surface area contributed by atoms with Crippen molar-refractivity contribution in [1.29, 1.82) is 0 Å². The maximum absolute atomic E-state index is 11.5. The molecule has 0 spiro atoms. The Kier molecular flexibility index (Phi) is 5.62. The number of fused-ring (bicyclic) bond motifs is 2. The minimum Gasteiger partial charge on any atom is -0.494 e. The Morgan fingerprint density at radius 1 is 1.33 bits per heavy atom. The molecule has 3 aliphatic rings. The number of unbranched alkanes of at least 4 members (excludes halogenated alkanes) is 1. The highest BCUT2D eigenvalue weighted by molar-refractivity contribution is 5.79. The van der Waals surface area contributed by atoms with Gasteiger partial charge in [0.05, 0.1) is 12.3 Å². The second kappa shape index (κ2) is 8.30. The summed E-state index contributed by atoms with van der Waals surface area (Å²) in [4.78, 5) is 14.1. The molecular weight excluding hydrogens is 340 g/mol. The largest absolute Gasteiger partial charge is 0.494 e. The van der Waals surface area contributed by atoms with E-state index in [1.165, 1.54) is 11.3 Å². The number of carbonyl (C=O) groups excluding carboxylic acids is 1. The zero-order chi connectivity index (χ0) is 18.6. The molecule has 6 nitrogen and oxygen atoms in total. The number of rotatable bonds is 7. The molecule has 146 valence electrons. The molecule has 1 unspecified atom stereocenters. The molecule has 1 N–H and O–H groups in total. The van der Waals surface area contributed by atoms with Crippen LogP contribution >= 0.6 is 0 Å². The van der Waals surface area contributed by atoms with Crippen LogP contribution in [0.2, 0.25) is 0 Å². The molecule has 1 amide bonds. The topological polar surface area (TPSA) is 59.4 Å². The van der Waals surface area contributed by atoms with Crippen molar-refractivity contribution < 1.29 is 9.53 Å². The number of carbonyl (C=O) groups is 1. The van der Waals surface area contributed by atoms with Gasteiger partial charge in [0.25, 0.3) is 0 Å². The predicted molar refractivity (Wildman–Crippen MR) is 104 cm³/mol. The number of piperidine rings is 1. The van der Waals surface area contributed by atoms with Crippen LogP contribution in [0.25, 0.3) is 0 Å². The molecule has 27 heavy (non-hydrogen) atoms. The van der Waals surface area contributed by atoms with Crippen molar-refractivity contribution in [3.63, 3.8) is 0 Å². The summed E-state index contributed by atoms with van der Waals surface area (Å²) >= 11 is 0. The maximum atomic E-state index is 11.5. The third-order valence-corrected chi connectivity index (χ3v) is 5.79. The number of nitrogens with zero attached hydrogens (tertiary/aromatic N) is 3. The van der Waals surface area contributed by atoms with E-state index in [2.05, 4.69) is 34.5 Å². The highest BCUT2D eigenvalue weighted by Crippen LogP contribution is 2.29. The second-order valence-corrected chi connectivity index (χ2v) is 7.76. The van der Waals surface area contributed by atoms with Gasteiger partial charge in [-0.05, 0) is 51.3 Å². The average molecular weight is 370 g/mol. The lowest BCUT2D eigenvalue weighted by molar-refractivity contribution is -0.121. The molecule has 3 heterocycles. The lowest BCUT2D eigenvalue weighted by Crippen LogP contribution is -2.33. The standard InChI is InChI=1S/C21H30N4O2/c1-2-25-15-17-14-24(11-9-19(17)23-25)10-3-4-12-27-18-7-5-16-6-8-21(26)22-20(16)13-18/h7,13,15-16H,2-6,8-12,14H2,1H3,(H,22,26). The van der Waals surface area contributed by atoms with Crippen LogP contribution in [0, 0.1) is 5.92 Å². The molecule has 0 aromatic carbocycles. The summed E-state index contributed by atoms with van der Waals surface area (Å²) in [6, 6.07) is 0. The van der Waals surface area contributed by atoms with Crippen molar-refractivity contribution in [2.75, 3.05) is 19.7 Å². The zero-order valence-corrected chi connectivity index (χ0v) is 16.2. The van der Waals surface area contributed by atoms with Crippen molar-refractivity contribution in [3.8, 4) is 0 Å². The Bertz CT molecular complexity index is 749. The van der Waals surface area contributed by atoms with Crippen molar-refractivity contribution in [1.82, 2.24) is 20.0 Å². The monoisotopic (exact) mass is 370 g/mol. The highest BCUT2D eigenvalue weighted by Gasteiger charge is 2.25. The van der Waals surface area contributed by atoms with Crippen LogP contribution in [-0.4, -0.2) is 40.3 Å². The average Bonchev–Trinajstić information content (AvgIpc) is 3.10. The summed E-state index contributed by atoms with van der Waals surface area (Å²) in [7, 11) is 0. The van der Waals surface area contributed by atoms with Gasteiger partial charge in [-0.15, -0.1) is 0 Å². The number of nitrogens with one attached hydrogen (secondary N) is 1. The molecule has 4 rings (SSSR count). The number of amides is 1. The molecule has 1 atom stereocenters. The van der Waals surface area contributed by atoms with E-state index in [4.69, 9.17) is 4.74 Å². The second-order valence-electron chi connectivity index (χ2n) is 7.76. The fraction of sp³-hybridized carbons (Fsp3) is 0.619. The van der Waals surface area contributed by atoms with E-state index in [1.807, 2.05) is 10.8 Å². The maximum Gasteiger partial charge on any atom is 0.224 e. The summed E-state index contributed by atoms with van der Waals surface area (Å²) in [5.74, 6) is 1.52. The first kappa shape index (κ1) is 18.3. The van der Waals surface area contributed by atoms with Gasteiger partial charge < -0.3 is 10.1 Å². The van der Waals surface area contributed by atoms with Gasteiger partial charge in [0.15, 0.2) is 0 Å². The summed E-state index contributed by atoms with van der Waals surface area (Å²) < 4.78 is 7.98. The van der Waals surface area contributed by atoms with Crippen molar-refractivity contribution in [3.05, 3.63) is 41.1 Å². The van der Waals surface area contributed by atoms with Crippen LogP contribution in [0.15, 0.2) is 29.8 Å². The third-order valence-electron chi connectivity index (χ3n) is 5.79. The quantitative estimate of drug-likeness (QED) is 0.750. The Hall–Kier alpha value is -2.08. The van der Waals surface area contributed by atoms with Crippen LogP contribution in [0.3, 0.4) is 0 Å². The molecule has 1 aromatic rings. The molecule has 0 bridgehead atoms. The number of hydrogen-bond donors (Lipinski definition) is 1. The van der Waals surface area contributed by atoms with Gasteiger partial charge in [0.1, 0.15) is 5.76 Å². The van der Waals surface area contributed by atoms with Crippen molar-refractivity contribution in [2.24, 2.45) is 5.92 Å². The third kappa shape index (κ3) is 4.43. The Morgan fingerprint density at radius 2 is 2.26 bits per heavy atom. The van der Waals surface area contributed by atoms with Gasteiger partial charge in [0, 0.05) is 55.9 Å². The molecule has 1 aliphatic carbocycles. The summed E-state index contributed by atoms with van der Waals surface area (Å²) in [6.45, 7) is 7.05. The first-order valence-corrected chi connectivity index (χ1v) is 10.3. The predicted octanol–water partition coefficient (Wildman–Crippen LogP) is 2.76. The minimum absolute atomic E-state index is 0.132. The van der Waals surface area contributed by atoms with Gasteiger partial charge in [0.2, 0.25) is 5.91 Å². The normalized spacial score (nSPS) is 22.4. The van der Waals surface area contributed by atoms with E-state index in [9.17, 15) is 4.79 Å². The number of allylic oxidation sites excluding steroid dienone is 3. The van der Waals surface area contributed by atoms with Gasteiger partial charge in [-0.3, -0.25) is 14.4 Å². The molecule has 6 heteroatoms. The number of hydrogen-bond acceptors (Lipinski definition) is 4. The van der Waals surface area contributed by atoms with Crippen LogP contribution in [0.5, 0.6) is 0 Å². The van der Waals surface area contributed by atoms with Crippen LogP contribution in [0.4, 0.5) is 0 Å². The highest BCUT2D eigenvalue weighted by atomic mass is 16.5.